The molecule has 0 bridgehead atoms. The summed E-state index contributed by atoms with van der Waals surface area (Å²) in [5.74, 6) is 1.03. The fourth-order valence-corrected chi connectivity index (χ4v) is 7.06. The average molecular weight is 584 g/mol. The molecule has 0 spiro atoms. The zero-order valence-electron chi connectivity index (χ0n) is 23.2. The molecule has 8 nitrogen and oxygen atoms in total. The van der Waals surface area contributed by atoms with Crippen LogP contribution in [0.2, 0.25) is 5.02 Å². The predicted molar refractivity (Wildman–Crippen MR) is 163 cm³/mol. The van der Waals surface area contributed by atoms with E-state index < -0.39 is 9.84 Å². The van der Waals surface area contributed by atoms with Gasteiger partial charge in [0, 0.05) is 35.8 Å². The number of allylic oxidation sites excluding steroid dienone is 2. The summed E-state index contributed by atoms with van der Waals surface area (Å²) in [7, 11) is -2.94. The van der Waals surface area contributed by atoms with Crippen LogP contribution >= 0.6 is 11.6 Å². The molecule has 3 N–H and O–H groups in total. The maximum Gasteiger partial charge on any atom is 0.227 e. The lowest BCUT2D eigenvalue weighted by Gasteiger charge is -2.13. The summed E-state index contributed by atoms with van der Waals surface area (Å²) in [6.07, 6.45) is 11.2. The molecule has 0 aliphatic carbocycles. The van der Waals surface area contributed by atoms with Crippen LogP contribution in [0.4, 0.5) is 11.6 Å². The fraction of sp³-hybridized carbons (Fsp3) is 0.467. The van der Waals surface area contributed by atoms with Crippen molar-refractivity contribution in [2.45, 2.75) is 71.1 Å². The maximum atomic E-state index is 13.0. The van der Waals surface area contributed by atoms with Crippen LogP contribution in [0.5, 0.6) is 0 Å². The molecule has 1 saturated heterocycles. The Hall–Kier alpha value is -3.04. The zero-order chi connectivity index (χ0) is 28.7. The summed E-state index contributed by atoms with van der Waals surface area (Å²) in [5, 5.41) is 12.4. The van der Waals surface area contributed by atoms with Crippen molar-refractivity contribution in [3.63, 3.8) is 0 Å². The Labute approximate surface area is 241 Å². The first kappa shape index (κ1) is 29.9. The molecule has 2 atom stereocenters. The lowest BCUT2D eigenvalue weighted by atomic mass is 9.94. The monoisotopic (exact) mass is 583 g/mol. The second-order valence-electron chi connectivity index (χ2n) is 10.7. The number of benzene rings is 1. The number of sulfone groups is 1. The number of rotatable bonds is 12. The van der Waals surface area contributed by atoms with E-state index in [0.717, 1.165) is 36.8 Å². The van der Waals surface area contributed by atoms with Gasteiger partial charge >= 0.3 is 0 Å². The van der Waals surface area contributed by atoms with Gasteiger partial charge in [-0.1, -0.05) is 30.2 Å². The highest BCUT2D eigenvalue weighted by atomic mass is 35.5. The van der Waals surface area contributed by atoms with E-state index in [-0.39, 0.29) is 29.1 Å². The van der Waals surface area contributed by atoms with Crippen LogP contribution in [0.1, 0.15) is 87.3 Å². The van der Waals surface area contributed by atoms with Gasteiger partial charge in [0.15, 0.2) is 5.78 Å². The number of Topliss-reactive ketones (excluding diaryl/α,β-unsaturated/α-hetero) is 1. The summed E-state index contributed by atoms with van der Waals surface area (Å²) >= 11 is 6.58. The third kappa shape index (κ3) is 8.01. The Morgan fingerprint density at radius 3 is 2.85 bits per heavy atom. The van der Waals surface area contributed by atoms with Gasteiger partial charge in [-0.05, 0) is 82.1 Å². The van der Waals surface area contributed by atoms with E-state index in [0.29, 0.717) is 53.6 Å². The largest absolute Gasteiger partial charge is 0.351 e. The standard InChI is InChI=1S/C30H38ClN5O3S/c1-3-5-20(2)7-9-22(19-32)26-11-13-33-30(36-26)34-24-16-23-17-27(35-29(23)25(31)18-24)28(37)10-8-21-6-4-14-40(38,39)15-12-21/h5,11,13,16-19,21-22,32,35H,3-4,6-10,12,14-15H2,1-2H3,(H,33,34,36). The van der Waals surface area contributed by atoms with Crippen LogP contribution in [-0.2, 0) is 9.84 Å². The first-order valence-electron chi connectivity index (χ1n) is 14.0. The van der Waals surface area contributed by atoms with Crippen LogP contribution in [0, 0.1) is 11.3 Å². The van der Waals surface area contributed by atoms with Crippen molar-refractivity contribution in [3.05, 3.63) is 58.5 Å². The Morgan fingerprint density at radius 1 is 1.25 bits per heavy atom. The highest BCUT2D eigenvalue weighted by Gasteiger charge is 2.22. The molecule has 0 saturated carbocycles. The minimum atomic E-state index is -2.94. The summed E-state index contributed by atoms with van der Waals surface area (Å²) in [4.78, 5) is 25.1. The minimum absolute atomic E-state index is 0.00776. The highest BCUT2D eigenvalue weighted by molar-refractivity contribution is 7.91. The highest BCUT2D eigenvalue weighted by Crippen LogP contribution is 2.31. The molecule has 40 heavy (non-hydrogen) atoms. The number of carbonyl (C=O) groups excluding carboxylic acids is 1. The molecule has 1 aliphatic heterocycles. The number of aromatic nitrogens is 3. The van der Waals surface area contributed by atoms with E-state index in [2.05, 4.69) is 40.2 Å². The van der Waals surface area contributed by atoms with Crippen molar-refractivity contribution >= 4 is 56.0 Å². The van der Waals surface area contributed by atoms with Crippen molar-refractivity contribution in [1.82, 2.24) is 15.0 Å². The quantitative estimate of drug-likeness (QED) is 0.116. The van der Waals surface area contributed by atoms with Gasteiger partial charge in [-0.25, -0.2) is 18.4 Å². The van der Waals surface area contributed by atoms with Crippen molar-refractivity contribution in [2.75, 3.05) is 16.8 Å². The summed E-state index contributed by atoms with van der Waals surface area (Å²) in [5.41, 5.74) is 3.97. The molecule has 2 aromatic heterocycles. The molecule has 3 aromatic rings. The molecule has 1 fully saturated rings. The van der Waals surface area contributed by atoms with Gasteiger partial charge in [-0.3, -0.25) is 4.79 Å². The zero-order valence-corrected chi connectivity index (χ0v) is 24.7. The van der Waals surface area contributed by atoms with E-state index in [1.54, 1.807) is 18.3 Å². The molecule has 214 valence electrons. The van der Waals surface area contributed by atoms with Crippen LogP contribution < -0.4 is 5.32 Å². The van der Waals surface area contributed by atoms with Gasteiger partial charge < -0.3 is 15.7 Å². The smallest absolute Gasteiger partial charge is 0.227 e. The van der Waals surface area contributed by atoms with Gasteiger partial charge in [0.25, 0.3) is 0 Å². The second-order valence-corrected chi connectivity index (χ2v) is 13.4. The molecule has 10 heteroatoms. The number of hydrogen-bond donors (Lipinski definition) is 3. The first-order valence-corrected chi connectivity index (χ1v) is 16.2. The number of anilines is 2. The van der Waals surface area contributed by atoms with Crippen LogP contribution in [-0.4, -0.2) is 46.9 Å². The summed E-state index contributed by atoms with van der Waals surface area (Å²) in [6, 6.07) is 7.31. The van der Waals surface area contributed by atoms with Crippen molar-refractivity contribution in [2.24, 2.45) is 5.92 Å². The Morgan fingerprint density at radius 2 is 2.08 bits per heavy atom. The number of nitrogens with one attached hydrogen (secondary N) is 3. The number of fused-ring (bicyclic) bond motifs is 1. The first-order chi connectivity index (χ1) is 19.2. The Bertz CT molecular complexity index is 1500. The van der Waals surface area contributed by atoms with Crippen molar-refractivity contribution < 1.29 is 13.2 Å². The van der Waals surface area contributed by atoms with Crippen molar-refractivity contribution in [1.29, 1.82) is 5.41 Å². The SMILES string of the molecule is CCC=C(C)CCC(C=N)c1ccnc(Nc2cc(Cl)c3[nH]c(C(=O)CCC4CCCS(=O)(=O)CC4)cc3c2)n1. The number of ketones is 1. The number of carbonyl (C=O) groups is 1. The van der Waals surface area contributed by atoms with Gasteiger partial charge in [-0.15, -0.1) is 0 Å². The molecular formula is C30H38ClN5O3S. The molecule has 4 rings (SSSR count). The van der Waals surface area contributed by atoms with Crippen LogP contribution in [0.25, 0.3) is 10.9 Å². The third-order valence-corrected chi connectivity index (χ3v) is 9.65. The summed E-state index contributed by atoms with van der Waals surface area (Å²) in [6.45, 7) is 4.23. The normalized spacial score (nSPS) is 18.3. The average Bonchev–Trinajstić information content (AvgIpc) is 3.27. The molecule has 1 aromatic carbocycles. The molecule has 0 amide bonds. The molecule has 3 heterocycles. The van der Waals surface area contributed by atoms with E-state index in [1.807, 2.05) is 12.1 Å². The van der Waals surface area contributed by atoms with Gasteiger partial charge in [0.2, 0.25) is 5.95 Å². The van der Waals surface area contributed by atoms with E-state index in [1.165, 1.54) is 11.8 Å². The van der Waals surface area contributed by atoms with Crippen LogP contribution in [0.15, 0.2) is 42.1 Å². The number of halogens is 1. The van der Waals surface area contributed by atoms with Gasteiger partial charge in [0.1, 0.15) is 9.84 Å². The molecular weight excluding hydrogens is 546 g/mol. The topological polar surface area (TPSA) is 129 Å². The number of aromatic amines is 1. The van der Waals surface area contributed by atoms with Gasteiger partial charge in [0.05, 0.1) is 33.4 Å². The molecule has 0 radical (unpaired) electrons. The van der Waals surface area contributed by atoms with E-state index in [4.69, 9.17) is 17.0 Å². The van der Waals surface area contributed by atoms with E-state index >= 15 is 0 Å². The molecule has 2 unspecified atom stereocenters. The fourth-order valence-electron chi connectivity index (χ4n) is 5.28. The molecule has 1 aliphatic rings. The number of hydrogen-bond acceptors (Lipinski definition) is 7. The Balaban J connectivity index is 1.43. The Kier molecular flexibility index (Phi) is 10.1. The summed E-state index contributed by atoms with van der Waals surface area (Å²) < 4.78 is 23.7. The number of nitrogens with zero attached hydrogens (tertiary/aromatic N) is 2. The minimum Gasteiger partial charge on any atom is -0.351 e. The van der Waals surface area contributed by atoms with Crippen molar-refractivity contribution in [3.8, 4) is 0 Å². The number of H-pyrrole nitrogens is 1. The van der Waals surface area contributed by atoms with E-state index in [9.17, 15) is 13.2 Å². The second kappa shape index (κ2) is 13.5. The predicted octanol–water partition coefficient (Wildman–Crippen LogP) is 7.40. The van der Waals surface area contributed by atoms with Gasteiger partial charge in [-0.2, -0.15) is 0 Å². The maximum absolute atomic E-state index is 13.0. The van der Waals surface area contributed by atoms with Crippen LogP contribution in [0.3, 0.4) is 0 Å². The lowest BCUT2D eigenvalue weighted by molar-refractivity contribution is 0.0968. The third-order valence-electron chi connectivity index (χ3n) is 7.58. The lowest BCUT2D eigenvalue weighted by Crippen LogP contribution is -2.09.